The quantitative estimate of drug-likeness (QED) is 0.310. The second-order valence-electron chi connectivity index (χ2n) is 9.44. The summed E-state index contributed by atoms with van der Waals surface area (Å²) < 4.78 is 34.0. The Morgan fingerprint density at radius 1 is 1.15 bits per heavy atom. The van der Waals surface area contributed by atoms with Crippen LogP contribution in [0.15, 0.2) is 54.9 Å². The van der Waals surface area contributed by atoms with Crippen LogP contribution in [0.1, 0.15) is 40.8 Å². The van der Waals surface area contributed by atoms with Crippen LogP contribution in [0, 0.1) is 0 Å². The Morgan fingerprint density at radius 2 is 1.90 bits per heavy atom. The molecule has 1 atom stereocenters. The molecule has 3 heterocycles. The third kappa shape index (κ3) is 5.82. The fourth-order valence-electron chi connectivity index (χ4n) is 4.73. The van der Waals surface area contributed by atoms with Crippen molar-refractivity contribution in [3.8, 4) is 10.8 Å². The summed E-state index contributed by atoms with van der Waals surface area (Å²) >= 11 is 7.59. The molecule has 206 valence electrons. The summed E-state index contributed by atoms with van der Waals surface area (Å²) in [4.78, 5) is 19.4. The molecule has 0 aliphatic carbocycles. The zero-order valence-corrected chi connectivity index (χ0v) is 24.1. The van der Waals surface area contributed by atoms with Crippen LogP contribution < -0.4 is 10.5 Å². The molecule has 1 saturated heterocycles. The lowest BCUT2D eigenvalue weighted by Crippen LogP contribution is -2.48. The van der Waals surface area contributed by atoms with Gasteiger partial charge in [0.05, 0.1) is 16.8 Å². The zero-order valence-electron chi connectivity index (χ0n) is 21.7. The fourth-order valence-corrected chi connectivity index (χ4v) is 7.03. The Morgan fingerprint density at radius 3 is 2.59 bits per heavy atom. The summed E-state index contributed by atoms with van der Waals surface area (Å²) in [6, 6.07) is 15.3. The Bertz CT molecular complexity index is 1610. The Kier molecular flexibility index (Phi) is 7.97. The van der Waals surface area contributed by atoms with Crippen molar-refractivity contribution in [2.24, 2.45) is 5.73 Å². The van der Waals surface area contributed by atoms with Crippen LogP contribution in [-0.2, 0) is 16.6 Å². The van der Waals surface area contributed by atoms with E-state index in [1.807, 2.05) is 41.8 Å². The fraction of sp³-hybridized carbons (Fsp3) is 0.333. The molecule has 1 aliphatic rings. The van der Waals surface area contributed by atoms with Gasteiger partial charge in [-0.1, -0.05) is 35.9 Å². The summed E-state index contributed by atoms with van der Waals surface area (Å²) in [7, 11) is -3.16. The number of sulfonamides is 1. The molecule has 4 aromatic rings. The number of nitrogens with two attached hydrogens (primary N) is 1. The number of fused-ring (bicyclic) bond motifs is 1. The van der Waals surface area contributed by atoms with E-state index >= 15 is 0 Å². The number of primary amides is 1. The first-order chi connectivity index (χ1) is 18.7. The molecule has 2 N–H and O–H groups in total. The van der Waals surface area contributed by atoms with Crippen molar-refractivity contribution in [2.75, 3.05) is 31.9 Å². The molecular formula is C27H30ClN5O4S2. The second kappa shape index (κ2) is 11.3. The number of imidazole rings is 1. The number of hydrogen-bond acceptors (Lipinski definition) is 7. The third-order valence-corrected chi connectivity index (χ3v) is 10.3. The number of benzene rings is 2. The molecule has 39 heavy (non-hydrogen) atoms. The van der Waals surface area contributed by atoms with Crippen LogP contribution >= 0.6 is 22.9 Å². The molecule has 0 radical (unpaired) electrons. The second-order valence-corrected chi connectivity index (χ2v) is 13.1. The number of aromatic nitrogens is 2. The molecule has 1 amide bonds. The van der Waals surface area contributed by atoms with Crippen LogP contribution in [0.3, 0.4) is 0 Å². The molecule has 1 fully saturated rings. The number of halogens is 1. The molecule has 0 saturated carbocycles. The molecule has 12 heteroatoms. The maximum absolute atomic E-state index is 12.3. The molecule has 2 aromatic heterocycles. The molecule has 1 aliphatic heterocycles. The van der Waals surface area contributed by atoms with E-state index in [2.05, 4.69) is 16.0 Å². The van der Waals surface area contributed by atoms with E-state index in [0.717, 1.165) is 27.2 Å². The van der Waals surface area contributed by atoms with Crippen molar-refractivity contribution in [3.05, 3.63) is 75.9 Å². The van der Waals surface area contributed by atoms with Gasteiger partial charge in [0.25, 0.3) is 5.91 Å². The number of thiophene rings is 1. The maximum atomic E-state index is 12.3. The van der Waals surface area contributed by atoms with Crippen LogP contribution in [0.25, 0.3) is 16.0 Å². The number of ether oxygens (including phenoxy) is 1. The lowest BCUT2D eigenvalue weighted by Gasteiger charge is -2.33. The Labute approximate surface area is 236 Å². The highest BCUT2D eigenvalue weighted by molar-refractivity contribution is 7.89. The number of carbonyl (C=O) groups is 1. The molecule has 9 nitrogen and oxygen atoms in total. The molecular weight excluding hydrogens is 558 g/mol. The van der Waals surface area contributed by atoms with Crippen molar-refractivity contribution in [1.29, 1.82) is 0 Å². The minimum absolute atomic E-state index is 0.125. The van der Waals surface area contributed by atoms with Gasteiger partial charge in [-0.05, 0) is 37.6 Å². The molecule has 0 bridgehead atoms. The predicted molar refractivity (Wildman–Crippen MR) is 154 cm³/mol. The summed E-state index contributed by atoms with van der Waals surface area (Å²) in [5.74, 6) is -0.0470. The normalized spacial score (nSPS) is 16.0. The largest absolute Gasteiger partial charge is 0.484 e. The highest BCUT2D eigenvalue weighted by atomic mass is 35.5. The van der Waals surface area contributed by atoms with E-state index in [0.29, 0.717) is 48.4 Å². The highest BCUT2D eigenvalue weighted by Crippen LogP contribution is 2.37. The van der Waals surface area contributed by atoms with Crippen LogP contribution in [-0.4, -0.2) is 65.0 Å². The minimum Gasteiger partial charge on any atom is -0.484 e. The van der Waals surface area contributed by atoms with E-state index in [-0.39, 0.29) is 5.75 Å². The van der Waals surface area contributed by atoms with Gasteiger partial charge in [0.1, 0.15) is 28.1 Å². The Hall–Kier alpha value is -2.96. The molecule has 0 spiro atoms. The highest BCUT2D eigenvalue weighted by Gasteiger charge is 2.26. The van der Waals surface area contributed by atoms with Gasteiger partial charge in [-0.3, -0.25) is 14.3 Å². The summed E-state index contributed by atoms with van der Waals surface area (Å²) in [6.07, 6.45) is 1.33. The van der Waals surface area contributed by atoms with Crippen LogP contribution in [0.4, 0.5) is 0 Å². The number of rotatable bonds is 9. The molecule has 2 aromatic carbocycles. The SMILES string of the molecule is CCS(=O)(=O)N1CCN(Cc2ccc3ncn(-c4cc(O[C@H](C)c5ccccc5Cl)c(C(N)=O)s4)c3c2)CC1. The Balaban J connectivity index is 1.38. The minimum atomic E-state index is -3.16. The monoisotopic (exact) mass is 587 g/mol. The lowest BCUT2D eigenvalue weighted by molar-refractivity contribution is 0.0998. The van der Waals surface area contributed by atoms with Crippen molar-refractivity contribution < 1.29 is 17.9 Å². The van der Waals surface area contributed by atoms with Gasteiger partial charge in [-0.15, -0.1) is 11.3 Å². The first kappa shape index (κ1) is 27.6. The van der Waals surface area contributed by atoms with Crippen molar-refractivity contribution in [1.82, 2.24) is 18.8 Å². The van der Waals surface area contributed by atoms with Crippen molar-refractivity contribution >= 4 is 49.9 Å². The standard InChI is InChI=1S/C27H30ClN5O4S2/c1-3-39(35,36)32-12-10-31(11-13-32)16-19-8-9-22-23(14-19)33(17-30-22)25-15-24(26(38-25)27(29)34)37-18(2)20-6-4-5-7-21(20)28/h4-9,14-15,17-18H,3,10-13,16H2,1-2H3,(H2,29,34)/t18-/m1/s1. The predicted octanol–water partition coefficient (Wildman–Crippen LogP) is 4.45. The third-order valence-electron chi connectivity index (χ3n) is 6.90. The smallest absolute Gasteiger partial charge is 0.262 e. The van der Waals surface area contributed by atoms with Crippen LogP contribution in [0.2, 0.25) is 5.02 Å². The van der Waals surface area contributed by atoms with E-state index in [1.165, 1.54) is 11.3 Å². The van der Waals surface area contributed by atoms with Gasteiger partial charge in [-0.2, -0.15) is 4.31 Å². The summed E-state index contributed by atoms with van der Waals surface area (Å²) in [5.41, 5.74) is 9.32. The van der Waals surface area contributed by atoms with Gasteiger partial charge in [0.15, 0.2) is 0 Å². The van der Waals surface area contributed by atoms with Gasteiger partial charge in [0, 0.05) is 49.4 Å². The molecule has 5 rings (SSSR count). The average molecular weight is 588 g/mol. The topological polar surface area (TPSA) is 111 Å². The summed E-state index contributed by atoms with van der Waals surface area (Å²) in [5, 5.41) is 1.34. The van der Waals surface area contributed by atoms with E-state index in [4.69, 9.17) is 22.1 Å². The number of amides is 1. The first-order valence-electron chi connectivity index (χ1n) is 12.7. The van der Waals surface area contributed by atoms with Crippen LogP contribution in [0.5, 0.6) is 5.75 Å². The van der Waals surface area contributed by atoms with E-state index in [9.17, 15) is 13.2 Å². The number of piperazine rings is 1. The van der Waals surface area contributed by atoms with Gasteiger partial charge >= 0.3 is 0 Å². The van der Waals surface area contributed by atoms with Gasteiger partial charge in [-0.25, -0.2) is 13.4 Å². The number of nitrogens with zero attached hydrogens (tertiary/aromatic N) is 4. The number of carbonyl (C=O) groups excluding carboxylic acids is 1. The molecule has 0 unspecified atom stereocenters. The number of hydrogen-bond donors (Lipinski definition) is 1. The zero-order chi connectivity index (χ0) is 27.7. The van der Waals surface area contributed by atoms with Crippen molar-refractivity contribution in [2.45, 2.75) is 26.5 Å². The van der Waals surface area contributed by atoms with Crippen molar-refractivity contribution in [3.63, 3.8) is 0 Å². The summed E-state index contributed by atoms with van der Waals surface area (Å²) in [6.45, 7) is 6.59. The maximum Gasteiger partial charge on any atom is 0.262 e. The first-order valence-corrected chi connectivity index (χ1v) is 15.5. The van der Waals surface area contributed by atoms with Gasteiger partial charge in [0.2, 0.25) is 10.0 Å². The van der Waals surface area contributed by atoms with E-state index < -0.39 is 22.0 Å². The van der Waals surface area contributed by atoms with Gasteiger partial charge < -0.3 is 10.5 Å². The van der Waals surface area contributed by atoms with E-state index in [1.54, 1.807) is 29.7 Å². The lowest BCUT2D eigenvalue weighted by atomic mass is 10.1. The average Bonchev–Trinajstić information content (AvgIpc) is 3.53.